The molecule has 6 nitrogen and oxygen atoms in total. The van der Waals surface area contributed by atoms with Crippen LogP contribution >= 0.6 is 0 Å². The zero-order valence-electron chi connectivity index (χ0n) is 14.6. The molecule has 6 heteroatoms. The maximum atomic E-state index is 12.0. The van der Waals surface area contributed by atoms with Gasteiger partial charge >= 0.3 is 6.03 Å². The number of aliphatic hydroxyl groups is 1. The Morgan fingerprint density at radius 1 is 1.20 bits per heavy atom. The number of carbonyl (C=O) groups is 1. The van der Waals surface area contributed by atoms with Gasteiger partial charge in [-0.25, -0.2) is 4.79 Å². The average Bonchev–Trinajstić information content (AvgIpc) is 2.55. The van der Waals surface area contributed by atoms with Crippen LogP contribution in [0.1, 0.15) is 25.8 Å². The van der Waals surface area contributed by atoms with Crippen LogP contribution in [0.25, 0.3) is 0 Å². The molecule has 0 aliphatic carbocycles. The Bertz CT molecular complexity index is 755. The summed E-state index contributed by atoms with van der Waals surface area (Å²) >= 11 is 0. The summed E-state index contributed by atoms with van der Waals surface area (Å²) in [5.41, 5.74) is 1.53. The van der Waals surface area contributed by atoms with E-state index in [4.69, 9.17) is 0 Å². The topological polar surface area (TPSA) is 83.4 Å². The molecule has 1 heterocycles. The van der Waals surface area contributed by atoms with Gasteiger partial charge in [-0.05, 0) is 43.0 Å². The van der Waals surface area contributed by atoms with E-state index >= 15 is 0 Å². The van der Waals surface area contributed by atoms with Crippen molar-refractivity contribution in [3.63, 3.8) is 0 Å². The van der Waals surface area contributed by atoms with E-state index in [1.54, 1.807) is 29.8 Å². The van der Waals surface area contributed by atoms with Gasteiger partial charge in [0.25, 0.3) is 5.56 Å². The molecule has 2 aromatic rings. The Hall–Kier alpha value is -2.60. The number of anilines is 1. The summed E-state index contributed by atoms with van der Waals surface area (Å²) < 4.78 is 1.61. The molecule has 2 atom stereocenters. The van der Waals surface area contributed by atoms with Crippen molar-refractivity contribution < 1.29 is 9.90 Å². The van der Waals surface area contributed by atoms with E-state index in [-0.39, 0.29) is 23.6 Å². The monoisotopic (exact) mass is 343 g/mol. The van der Waals surface area contributed by atoms with Gasteiger partial charge in [0, 0.05) is 24.5 Å². The van der Waals surface area contributed by atoms with Crippen LogP contribution in [0, 0.1) is 5.92 Å². The first-order valence-electron chi connectivity index (χ1n) is 8.41. The van der Waals surface area contributed by atoms with Gasteiger partial charge in [-0.15, -0.1) is 0 Å². The Labute approximate surface area is 147 Å². The van der Waals surface area contributed by atoms with Crippen LogP contribution in [0.15, 0.2) is 53.5 Å². The first-order chi connectivity index (χ1) is 11.9. The van der Waals surface area contributed by atoms with Gasteiger partial charge in [-0.2, -0.15) is 0 Å². The van der Waals surface area contributed by atoms with E-state index in [0.717, 1.165) is 5.56 Å². The Morgan fingerprint density at radius 2 is 2.00 bits per heavy atom. The van der Waals surface area contributed by atoms with Crippen molar-refractivity contribution in [2.24, 2.45) is 5.92 Å². The number of rotatable bonds is 7. The van der Waals surface area contributed by atoms with Crippen LogP contribution in [-0.2, 0) is 6.54 Å². The van der Waals surface area contributed by atoms with Crippen molar-refractivity contribution in [2.45, 2.75) is 32.9 Å². The molecule has 2 amide bonds. The molecule has 0 aliphatic rings. The fourth-order valence-electron chi connectivity index (χ4n) is 2.64. The quantitative estimate of drug-likeness (QED) is 0.722. The fraction of sp³-hybridized carbons (Fsp3) is 0.368. The highest BCUT2D eigenvalue weighted by Gasteiger charge is 2.08. The third kappa shape index (κ3) is 6.43. The Balaban J connectivity index is 1.91. The first kappa shape index (κ1) is 18.7. The van der Waals surface area contributed by atoms with Crippen molar-refractivity contribution in [3.8, 4) is 0 Å². The highest BCUT2D eigenvalue weighted by Crippen LogP contribution is 2.11. The second kappa shape index (κ2) is 9.03. The smallest absolute Gasteiger partial charge is 0.319 e. The third-order valence-corrected chi connectivity index (χ3v) is 3.79. The standard InChI is InChI=1S/C19H25N3O3/c1-14(10-15(2)23)12-20-19(25)21-17-7-5-6-16(11-17)13-22-9-4-3-8-18(22)24/h3-9,11,14-15,23H,10,12-13H2,1-2H3,(H2,20,21,25)/t14-,15-/m1/s1. The normalized spacial score (nSPS) is 13.1. The fourth-order valence-corrected chi connectivity index (χ4v) is 2.64. The molecule has 0 bridgehead atoms. The van der Waals surface area contributed by atoms with Gasteiger partial charge in [-0.3, -0.25) is 4.79 Å². The van der Waals surface area contributed by atoms with E-state index in [9.17, 15) is 14.7 Å². The van der Waals surface area contributed by atoms with Crippen LogP contribution in [0.2, 0.25) is 0 Å². The lowest BCUT2D eigenvalue weighted by Gasteiger charge is -2.15. The summed E-state index contributed by atoms with van der Waals surface area (Å²) in [5, 5.41) is 14.9. The zero-order chi connectivity index (χ0) is 18.2. The maximum absolute atomic E-state index is 12.0. The summed E-state index contributed by atoms with van der Waals surface area (Å²) in [4.78, 5) is 23.8. The highest BCUT2D eigenvalue weighted by molar-refractivity contribution is 5.89. The van der Waals surface area contributed by atoms with Crippen molar-refractivity contribution in [2.75, 3.05) is 11.9 Å². The number of aromatic nitrogens is 1. The summed E-state index contributed by atoms with van der Waals surface area (Å²) in [5.74, 6) is 0.196. The molecule has 1 aromatic carbocycles. The molecule has 0 saturated carbocycles. The second-order valence-corrected chi connectivity index (χ2v) is 6.39. The number of aliphatic hydroxyl groups excluding tert-OH is 1. The summed E-state index contributed by atoms with van der Waals surface area (Å²) in [6.07, 6.45) is 2.00. The van der Waals surface area contributed by atoms with Crippen LogP contribution in [0.3, 0.4) is 0 Å². The molecule has 1 aromatic heterocycles. The molecular weight excluding hydrogens is 318 g/mol. The van der Waals surface area contributed by atoms with E-state index in [2.05, 4.69) is 10.6 Å². The molecule has 2 rings (SSSR count). The second-order valence-electron chi connectivity index (χ2n) is 6.39. The number of urea groups is 1. The van der Waals surface area contributed by atoms with Crippen molar-refractivity contribution in [1.82, 2.24) is 9.88 Å². The number of hydrogen-bond donors (Lipinski definition) is 3. The van der Waals surface area contributed by atoms with Gasteiger partial charge in [0.2, 0.25) is 0 Å². The molecule has 0 unspecified atom stereocenters. The third-order valence-electron chi connectivity index (χ3n) is 3.79. The number of carbonyl (C=O) groups excluding carboxylic acids is 1. The molecular formula is C19H25N3O3. The molecule has 0 radical (unpaired) electrons. The van der Waals surface area contributed by atoms with Gasteiger partial charge in [-0.1, -0.05) is 25.1 Å². The minimum atomic E-state index is -0.377. The molecule has 0 fully saturated rings. The van der Waals surface area contributed by atoms with Crippen molar-refractivity contribution in [1.29, 1.82) is 0 Å². The van der Waals surface area contributed by atoms with Crippen LogP contribution < -0.4 is 16.2 Å². The summed E-state index contributed by atoms with van der Waals surface area (Å²) in [6.45, 7) is 4.66. The predicted octanol–water partition coefficient (Wildman–Crippen LogP) is 2.43. The molecule has 0 saturated heterocycles. The van der Waals surface area contributed by atoms with Gasteiger partial charge in [0.15, 0.2) is 0 Å². The minimum absolute atomic E-state index is 0.0642. The lowest BCUT2D eigenvalue weighted by Crippen LogP contribution is -2.33. The molecule has 0 spiro atoms. The van der Waals surface area contributed by atoms with Crippen LogP contribution in [0.5, 0.6) is 0 Å². The van der Waals surface area contributed by atoms with Crippen molar-refractivity contribution in [3.05, 3.63) is 64.6 Å². The van der Waals surface area contributed by atoms with Gasteiger partial charge < -0.3 is 20.3 Å². The zero-order valence-corrected chi connectivity index (χ0v) is 14.6. The van der Waals surface area contributed by atoms with Gasteiger partial charge in [0.05, 0.1) is 12.6 Å². The lowest BCUT2D eigenvalue weighted by atomic mass is 10.1. The van der Waals surface area contributed by atoms with E-state index in [0.29, 0.717) is 25.2 Å². The number of benzene rings is 1. The number of pyridine rings is 1. The highest BCUT2D eigenvalue weighted by atomic mass is 16.3. The molecule has 0 aliphatic heterocycles. The average molecular weight is 343 g/mol. The van der Waals surface area contributed by atoms with Crippen LogP contribution in [0.4, 0.5) is 10.5 Å². The number of nitrogens with zero attached hydrogens (tertiary/aromatic N) is 1. The molecule has 25 heavy (non-hydrogen) atoms. The summed E-state index contributed by atoms with van der Waals surface area (Å²) in [7, 11) is 0. The molecule has 3 N–H and O–H groups in total. The van der Waals surface area contributed by atoms with E-state index in [1.165, 1.54) is 6.07 Å². The lowest BCUT2D eigenvalue weighted by molar-refractivity contribution is 0.163. The Kier molecular flexibility index (Phi) is 6.77. The van der Waals surface area contributed by atoms with Crippen molar-refractivity contribution >= 4 is 11.7 Å². The van der Waals surface area contributed by atoms with Crippen LogP contribution in [-0.4, -0.2) is 28.4 Å². The first-order valence-corrected chi connectivity index (χ1v) is 8.41. The summed E-state index contributed by atoms with van der Waals surface area (Å²) in [6, 6.07) is 12.2. The van der Waals surface area contributed by atoms with E-state index in [1.807, 2.05) is 31.2 Å². The maximum Gasteiger partial charge on any atom is 0.319 e. The number of hydrogen-bond acceptors (Lipinski definition) is 3. The minimum Gasteiger partial charge on any atom is -0.393 e. The SMILES string of the molecule is C[C@@H](CNC(=O)Nc1cccc(Cn2ccccc2=O)c1)C[C@@H](C)O. The largest absolute Gasteiger partial charge is 0.393 e. The van der Waals surface area contributed by atoms with E-state index < -0.39 is 0 Å². The van der Waals surface area contributed by atoms with Gasteiger partial charge in [0.1, 0.15) is 0 Å². The molecule has 134 valence electrons. The Morgan fingerprint density at radius 3 is 2.72 bits per heavy atom. The number of amides is 2. The predicted molar refractivity (Wildman–Crippen MR) is 98.7 cm³/mol. The number of nitrogens with one attached hydrogen (secondary N) is 2.